The molecule has 0 fully saturated rings. The van der Waals surface area contributed by atoms with Crippen LogP contribution in [0.5, 0.6) is 0 Å². The summed E-state index contributed by atoms with van der Waals surface area (Å²) in [6.07, 6.45) is 2.64. The van der Waals surface area contributed by atoms with Crippen LogP contribution in [0.15, 0.2) is 30.3 Å². The van der Waals surface area contributed by atoms with Gasteiger partial charge in [-0.05, 0) is 25.5 Å². The molecule has 1 N–H and O–H groups in total. The average molecular weight is 249 g/mol. The van der Waals surface area contributed by atoms with E-state index in [1.807, 2.05) is 37.1 Å². The largest absolute Gasteiger partial charge is 0.480 e. The Morgan fingerprint density at radius 2 is 1.89 bits per heavy atom. The lowest BCUT2D eigenvalue weighted by atomic mass is 9.99. The Labute approximate surface area is 109 Å². The second-order valence-corrected chi connectivity index (χ2v) is 4.64. The summed E-state index contributed by atoms with van der Waals surface area (Å²) >= 11 is 0. The van der Waals surface area contributed by atoms with Gasteiger partial charge in [-0.1, -0.05) is 50.6 Å². The third kappa shape index (κ3) is 3.57. The number of nitrogens with zero attached hydrogens (tertiary/aromatic N) is 1. The van der Waals surface area contributed by atoms with Crippen LogP contribution in [0.1, 0.15) is 44.7 Å². The number of aliphatic carboxylic acids is 1. The molecule has 0 spiro atoms. The van der Waals surface area contributed by atoms with Crippen molar-refractivity contribution >= 4 is 5.97 Å². The molecule has 0 aliphatic carbocycles. The quantitative estimate of drug-likeness (QED) is 0.806. The Morgan fingerprint density at radius 3 is 2.33 bits per heavy atom. The SMILES string of the molecule is CCCC(c1ccccc1)N(C)C(CC)C(=O)O. The van der Waals surface area contributed by atoms with E-state index in [2.05, 4.69) is 19.1 Å². The van der Waals surface area contributed by atoms with E-state index in [4.69, 9.17) is 0 Å². The van der Waals surface area contributed by atoms with Gasteiger partial charge in [0.05, 0.1) is 0 Å². The minimum atomic E-state index is -0.739. The van der Waals surface area contributed by atoms with Crippen LogP contribution in [0.25, 0.3) is 0 Å². The molecule has 0 aliphatic heterocycles. The number of carbonyl (C=O) groups is 1. The number of hydrogen-bond acceptors (Lipinski definition) is 2. The monoisotopic (exact) mass is 249 g/mol. The normalized spacial score (nSPS) is 14.4. The summed E-state index contributed by atoms with van der Waals surface area (Å²) in [5, 5.41) is 9.27. The Morgan fingerprint density at radius 1 is 1.28 bits per heavy atom. The molecular weight excluding hydrogens is 226 g/mol. The van der Waals surface area contributed by atoms with Crippen LogP contribution in [0.4, 0.5) is 0 Å². The second kappa shape index (κ2) is 7.17. The van der Waals surface area contributed by atoms with Crippen LogP contribution in [0.2, 0.25) is 0 Å². The van der Waals surface area contributed by atoms with Crippen LogP contribution in [0, 0.1) is 0 Å². The van der Waals surface area contributed by atoms with E-state index in [-0.39, 0.29) is 6.04 Å². The number of hydrogen-bond donors (Lipinski definition) is 1. The fraction of sp³-hybridized carbons (Fsp3) is 0.533. The molecule has 2 unspecified atom stereocenters. The standard InChI is InChI=1S/C15H23NO2/c1-4-9-14(12-10-7-6-8-11-12)16(3)13(5-2)15(17)18/h6-8,10-11,13-14H,4-5,9H2,1-3H3,(H,17,18). The van der Waals surface area contributed by atoms with E-state index in [0.29, 0.717) is 6.42 Å². The minimum Gasteiger partial charge on any atom is -0.480 e. The van der Waals surface area contributed by atoms with Gasteiger partial charge >= 0.3 is 5.97 Å². The van der Waals surface area contributed by atoms with E-state index in [9.17, 15) is 9.90 Å². The van der Waals surface area contributed by atoms with Crippen molar-refractivity contribution in [1.82, 2.24) is 4.90 Å². The first-order valence-corrected chi connectivity index (χ1v) is 6.61. The first-order valence-electron chi connectivity index (χ1n) is 6.61. The highest BCUT2D eigenvalue weighted by Crippen LogP contribution is 2.27. The molecule has 0 radical (unpaired) electrons. The van der Waals surface area contributed by atoms with Crippen molar-refractivity contribution in [3.8, 4) is 0 Å². The smallest absolute Gasteiger partial charge is 0.320 e. The fourth-order valence-corrected chi connectivity index (χ4v) is 2.41. The van der Waals surface area contributed by atoms with Crippen LogP contribution in [-0.4, -0.2) is 29.1 Å². The molecule has 0 amide bonds. The summed E-state index contributed by atoms with van der Waals surface area (Å²) in [6, 6.07) is 9.91. The maximum Gasteiger partial charge on any atom is 0.320 e. The number of benzene rings is 1. The number of rotatable bonds is 7. The predicted molar refractivity (Wildman–Crippen MR) is 73.6 cm³/mol. The third-order valence-electron chi connectivity index (χ3n) is 3.40. The summed E-state index contributed by atoms with van der Waals surface area (Å²) in [4.78, 5) is 13.3. The number of likely N-dealkylation sites (N-methyl/N-ethyl adjacent to an activating group) is 1. The maximum absolute atomic E-state index is 11.3. The summed E-state index contributed by atoms with van der Waals surface area (Å²) in [7, 11) is 1.91. The average Bonchev–Trinajstić information content (AvgIpc) is 2.37. The molecule has 0 aliphatic rings. The molecule has 3 heteroatoms. The zero-order chi connectivity index (χ0) is 13.5. The van der Waals surface area contributed by atoms with Crippen molar-refractivity contribution in [2.45, 2.75) is 45.2 Å². The molecule has 18 heavy (non-hydrogen) atoms. The Kier molecular flexibility index (Phi) is 5.86. The third-order valence-corrected chi connectivity index (χ3v) is 3.40. The van der Waals surface area contributed by atoms with Gasteiger partial charge in [-0.15, -0.1) is 0 Å². The fourth-order valence-electron chi connectivity index (χ4n) is 2.41. The topological polar surface area (TPSA) is 40.5 Å². The molecule has 1 aromatic rings. The van der Waals surface area contributed by atoms with Gasteiger partial charge in [0.2, 0.25) is 0 Å². The molecule has 2 atom stereocenters. The Hall–Kier alpha value is -1.35. The van der Waals surface area contributed by atoms with Crippen LogP contribution >= 0.6 is 0 Å². The van der Waals surface area contributed by atoms with Gasteiger partial charge in [0.15, 0.2) is 0 Å². The molecule has 3 nitrogen and oxygen atoms in total. The molecule has 100 valence electrons. The van der Waals surface area contributed by atoms with Crippen LogP contribution in [0.3, 0.4) is 0 Å². The van der Waals surface area contributed by atoms with E-state index >= 15 is 0 Å². The first-order chi connectivity index (χ1) is 8.61. The summed E-state index contributed by atoms with van der Waals surface area (Å²) < 4.78 is 0. The zero-order valence-electron chi connectivity index (χ0n) is 11.5. The molecule has 0 aromatic heterocycles. The molecule has 0 heterocycles. The van der Waals surface area contributed by atoms with Gasteiger partial charge in [-0.3, -0.25) is 9.69 Å². The first kappa shape index (κ1) is 14.7. The predicted octanol–water partition coefficient (Wildman–Crippen LogP) is 3.32. The minimum absolute atomic E-state index is 0.178. The second-order valence-electron chi connectivity index (χ2n) is 4.64. The van der Waals surface area contributed by atoms with Gasteiger partial charge in [-0.2, -0.15) is 0 Å². The highest BCUT2D eigenvalue weighted by atomic mass is 16.4. The lowest BCUT2D eigenvalue weighted by Crippen LogP contribution is -2.40. The van der Waals surface area contributed by atoms with Gasteiger partial charge in [0.1, 0.15) is 6.04 Å². The zero-order valence-corrected chi connectivity index (χ0v) is 11.5. The number of carboxylic acids is 1. The lowest BCUT2D eigenvalue weighted by Gasteiger charge is -2.32. The molecule has 0 bridgehead atoms. The highest BCUT2D eigenvalue weighted by Gasteiger charge is 2.27. The molecule has 1 aromatic carbocycles. The van der Waals surface area contributed by atoms with Crippen molar-refractivity contribution in [1.29, 1.82) is 0 Å². The van der Waals surface area contributed by atoms with Crippen LogP contribution < -0.4 is 0 Å². The van der Waals surface area contributed by atoms with Crippen molar-refractivity contribution in [3.63, 3.8) is 0 Å². The maximum atomic E-state index is 11.3. The van der Waals surface area contributed by atoms with Crippen molar-refractivity contribution in [2.24, 2.45) is 0 Å². The van der Waals surface area contributed by atoms with Crippen LogP contribution in [-0.2, 0) is 4.79 Å². The van der Waals surface area contributed by atoms with Gasteiger partial charge in [0.25, 0.3) is 0 Å². The van der Waals surface area contributed by atoms with Crippen molar-refractivity contribution < 1.29 is 9.90 Å². The highest BCUT2D eigenvalue weighted by molar-refractivity contribution is 5.73. The summed E-state index contributed by atoms with van der Waals surface area (Å²) in [5.41, 5.74) is 1.20. The molecule has 0 saturated carbocycles. The van der Waals surface area contributed by atoms with Gasteiger partial charge in [-0.25, -0.2) is 0 Å². The Bertz CT molecular complexity index is 364. The summed E-state index contributed by atoms with van der Waals surface area (Å²) in [6.45, 7) is 4.05. The Balaban J connectivity index is 2.94. The molecule has 1 rings (SSSR count). The molecular formula is C15H23NO2. The van der Waals surface area contributed by atoms with Gasteiger partial charge < -0.3 is 5.11 Å². The van der Waals surface area contributed by atoms with E-state index in [0.717, 1.165) is 12.8 Å². The van der Waals surface area contributed by atoms with Crippen molar-refractivity contribution in [2.75, 3.05) is 7.05 Å². The van der Waals surface area contributed by atoms with E-state index in [1.165, 1.54) is 5.56 Å². The van der Waals surface area contributed by atoms with E-state index in [1.54, 1.807) is 0 Å². The van der Waals surface area contributed by atoms with E-state index < -0.39 is 12.0 Å². The van der Waals surface area contributed by atoms with Gasteiger partial charge in [0, 0.05) is 6.04 Å². The molecule has 0 saturated heterocycles. The lowest BCUT2D eigenvalue weighted by molar-refractivity contribution is -0.143. The number of carboxylic acid groups (broad SMARTS) is 1. The summed E-state index contributed by atoms with van der Waals surface area (Å²) in [5.74, 6) is -0.739. The van der Waals surface area contributed by atoms with Crippen molar-refractivity contribution in [3.05, 3.63) is 35.9 Å².